The van der Waals surface area contributed by atoms with Crippen LogP contribution in [0, 0.1) is 0 Å². The minimum absolute atomic E-state index is 0.0133. The van der Waals surface area contributed by atoms with Crippen LogP contribution < -0.4 is 5.32 Å². The SMILES string of the molecule is O=C(NC1CCCCC1)[C@@]1(c2ccccc2)CC1(Cl)Cl. The van der Waals surface area contributed by atoms with Gasteiger partial charge in [-0.05, 0) is 18.4 Å². The second-order valence-electron chi connectivity index (χ2n) is 5.96. The molecule has 2 saturated carbocycles. The fraction of sp³-hybridized carbons (Fsp3) is 0.562. The van der Waals surface area contributed by atoms with Gasteiger partial charge >= 0.3 is 0 Å². The molecule has 1 aromatic carbocycles. The van der Waals surface area contributed by atoms with Gasteiger partial charge in [0.15, 0.2) is 0 Å². The van der Waals surface area contributed by atoms with Crippen LogP contribution in [0.15, 0.2) is 30.3 Å². The molecular weight excluding hydrogens is 293 g/mol. The number of hydrogen-bond donors (Lipinski definition) is 1. The molecule has 2 aliphatic rings. The maximum Gasteiger partial charge on any atom is 0.234 e. The van der Waals surface area contributed by atoms with Crippen molar-refractivity contribution in [1.82, 2.24) is 5.32 Å². The van der Waals surface area contributed by atoms with Crippen LogP contribution in [-0.4, -0.2) is 16.3 Å². The molecule has 0 unspecified atom stereocenters. The van der Waals surface area contributed by atoms with E-state index in [4.69, 9.17) is 23.2 Å². The molecule has 0 bridgehead atoms. The fourth-order valence-corrected chi connectivity index (χ4v) is 4.05. The standard InChI is InChI=1S/C16H19Cl2NO/c17-16(18)11-15(16,12-7-3-1-4-8-12)14(20)19-13-9-5-2-6-10-13/h1,3-4,7-8,13H,2,5-6,9-11H2,(H,19,20)/t15-/m0/s1. The second-order valence-corrected chi connectivity index (χ2v) is 7.44. The van der Waals surface area contributed by atoms with Crippen LogP contribution in [0.2, 0.25) is 0 Å². The number of hydrogen-bond acceptors (Lipinski definition) is 1. The molecule has 108 valence electrons. The molecule has 2 aliphatic carbocycles. The van der Waals surface area contributed by atoms with Crippen LogP contribution in [-0.2, 0) is 10.2 Å². The highest BCUT2D eigenvalue weighted by Gasteiger charge is 2.72. The number of halogens is 2. The summed E-state index contributed by atoms with van der Waals surface area (Å²) in [5, 5.41) is 3.17. The van der Waals surface area contributed by atoms with Gasteiger partial charge in [0.05, 0.1) is 0 Å². The Kier molecular flexibility index (Phi) is 3.72. The Labute approximate surface area is 129 Å². The summed E-state index contributed by atoms with van der Waals surface area (Å²) in [6.45, 7) is 0. The molecule has 20 heavy (non-hydrogen) atoms. The monoisotopic (exact) mass is 311 g/mol. The molecule has 3 rings (SSSR count). The van der Waals surface area contributed by atoms with E-state index in [1.807, 2.05) is 30.3 Å². The topological polar surface area (TPSA) is 29.1 Å². The fourth-order valence-electron chi connectivity index (χ4n) is 3.26. The lowest BCUT2D eigenvalue weighted by Crippen LogP contribution is -2.44. The van der Waals surface area contributed by atoms with Gasteiger partial charge in [0.25, 0.3) is 0 Å². The minimum Gasteiger partial charge on any atom is -0.353 e. The van der Waals surface area contributed by atoms with Crippen LogP contribution in [0.3, 0.4) is 0 Å². The van der Waals surface area contributed by atoms with Crippen molar-refractivity contribution in [2.24, 2.45) is 0 Å². The summed E-state index contributed by atoms with van der Waals surface area (Å²) in [6.07, 6.45) is 6.27. The molecule has 2 nitrogen and oxygen atoms in total. The maximum absolute atomic E-state index is 12.7. The highest BCUT2D eigenvalue weighted by Crippen LogP contribution is 2.65. The van der Waals surface area contributed by atoms with Crippen molar-refractivity contribution in [3.8, 4) is 0 Å². The lowest BCUT2D eigenvalue weighted by atomic mass is 9.91. The van der Waals surface area contributed by atoms with Crippen molar-refractivity contribution in [3.05, 3.63) is 35.9 Å². The van der Waals surface area contributed by atoms with Gasteiger partial charge in [-0.25, -0.2) is 0 Å². The molecule has 0 heterocycles. The first-order chi connectivity index (χ1) is 9.56. The predicted molar refractivity (Wildman–Crippen MR) is 82.2 cm³/mol. The number of alkyl halides is 2. The summed E-state index contributed by atoms with van der Waals surface area (Å²) in [7, 11) is 0. The Bertz CT molecular complexity index is 496. The lowest BCUT2D eigenvalue weighted by molar-refractivity contribution is -0.124. The van der Waals surface area contributed by atoms with Crippen molar-refractivity contribution in [3.63, 3.8) is 0 Å². The Morgan fingerprint density at radius 1 is 1.10 bits per heavy atom. The number of nitrogens with one attached hydrogen (secondary N) is 1. The first-order valence-corrected chi connectivity index (χ1v) is 8.06. The smallest absolute Gasteiger partial charge is 0.234 e. The molecule has 0 aromatic heterocycles. The van der Waals surface area contributed by atoms with E-state index < -0.39 is 9.75 Å². The van der Waals surface area contributed by atoms with Gasteiger partial charge in [-0.15, -0.1) is 23.2 Å². The first kappa shape index (κ1) is 14.2. The largest absolute Gasteiger partial charge is 0.353 e. The Morgan fingerprint density at radius 3 is 2.25 bits per heavy atom. The van der Waals surface area contributed by atoms with Crippen molar-refractivity contribution in [2.45, 2.75) is 54.3 Å². The molecule has 0 spiro atoms. The number of rotatable bonds is 3. The molecule has 0 radical (unpaired) electrons. The number of carbonyl (C=O) groups is 1. The number of benzene rings is 1. The number of amides is 1. The van der Waals surface area contributed by atoms with Crippen LogP contribution >= 0.6 is 23.2 Å². The Balaban J connectivity index is 1.80. The minimum atomic E-state index is -0.979. The van der Waals surface area contributed by atoms with E-state index in [2.05, 4.69) is 5.32 Å². The first-order valence-electron chi connectivity index (χ1n) is 7.31. The second kappa shape index (κ2) is 5.23. The van der Waals surface area contributed by atoms with Gasteiger partial charge in [0.2, 0.25) is 5.91 Å². The zero-order chi connectivity index (χ0) is 14.2. The van der Waals surface area contributed by atoms with Crippen LogP contribution in [0.25, 0.3) is 0 Å². The summed E-state index contributed by atoms with van der Waals surface area (Å²) in [5.74, 6) is -0.0133. The molecule has 1 aromatic rings. The molecule has 0 aliphatic heterocycles. The van der Waals surface area contributed by atoms with Gasteiger partial charge in [-0.3, -0.25) is 4.79 Å². The Morgan fingerprint density at radius 2 is 1.70 bits per heavy atom. The van der Waals surface area contributed by atoms with Gasteiger partial charge in [-0.2, -0.15) is 0 Å². The zero-order valence-electron chi connectivity index (χ0n) is 11.4. The molecule has 4 heteroatoms. The number of carbonyl (C=O) groups excluding carboxylic acids is 1. The van der Waals surface area contributed by atoms with Gasteiger partial charge in [0, 0.05) is 12.5 Å². The summed E-state index contributed by atoms with van der Waals surface area (Å²) in [4.78, 5) is 12.7. The highest BCUT2D eigenvalue weighted by molar-refractivity contribution is 6.54. The molecular formula is C16H19Cl2NO. The summed E-state index contributed by atoms with van der Waals surface area (Å²) in [6, 6.07) is 9.93. The van der Waals surface area contributed by atoms with Gasteiger partial charge < -0.3 is 5.32 Å². The van der Waals surface area contributed by atoms with E-state index in [0.29, 0.717) is 6.42 Å². The molecule has 1 N–H and O–H groups in total. The lowest BCUT2D eigenvalue weighted by Gasteiger charge is -2.26. The van der Waals surface area contributed by atoms with E-state index in [-0.39, 0.29) is 11.9 Å². The van der Waals surface area contributed by atoms with Crippen molar-refractivity contribution in [1.29, 1.82) is 0 Å². The van der Waals surface area contributed by atoms with Crippen LogP contribution in [0.5, 0.6) is 0 Å². The van der Waals surface area contributed by atoms with Crippen LogP contribution in [0.1, 0.15) is 44.1 Å². The molecule has 2 fully saturated rings. The van der Waals surface area contributed by atoms with Gasteiger partial charge in [0.1, 0.15) is 9.75 Å². The predicted octanol–water partition coefficient (Wildman–Crippen LogP) is 3.95. The zero-order valence-corrected chi connectivity index (χ0v) is 12.9. The maximum atomic E-state index is 12.7. The van der Waals surface area contributed by atoms with Gasteiger partial charge in [-0.1, -0.05) is 49.6 Å². The summed E-state index contributed by atoms with van der Waals surface area (Å²) in [5.41, 5.74) is 0.146. The summed E-state index contributed by atoms with van der Waals surface area (Å²) >= 11 is 12.6. The van der Waals surface area contributed by atoms with E-state index in [0.717, 1.165) is 18.4 Å². The third-order valence-electron chi connectivity index (χ3n) is 4.58. The molecule has 0 saturated heterocycles. The average molecular weight is 312 g/mol. The third-order valence-corrected chi connectivity index (χ3v) is 5.49. The third kappa shape index (κ3) is 2.33. The van der Waals surface area contributed by atoms with Crippen molar-refractivity contribution in [2.75, 3.05) is 0 Å². The Hall–Kier alpha value is -0.730. The van der Waals surface area contributed by atoms with E-state index in [9.17, 15) is 4.79 Å². The average Bonchev–Trinajstić information content (AvgIpc) is 3.05. The molecule has 1 atom stereocenters. The molecule has 1 amide bonds. The van der Waals surface area contributed by atoms with Crippen LogP contribution in [0.4, 0.5) is 0 Å². The highest BCUT2D eigenvalue weighted by atomic mass is 35.5. The van der Waals surface area contributed by atoms with Crippen molar-refractivity contribution < 1.29 is 4.79 Å². The normalized spacial score (nSPS) is 28.9. The quantitative estimate of drug-likeness (QED) is 0.841. The van der Waals surface area contributed by atoms with E-state index in [1.54, 1.807) is 0 Å². The van der Waals surface area contributed by atoms with Crippen molar-refractivity contribution >= 4 is 29.1 Å². The van der Waals surface area contributed by atoms with E-state index in [1.165, 1.54) is 19.3 Å². The van der Waals surface area contributed by atoms with E-state index >= 15 is 0 Å². The summed E-state index contributed by atoms with van der Waals surface area (Å²) < 4.78 is -0.979.